The molecule has 1 fully saturated rings. The van der Waals surface area contributed by atoms with Crippen LogP contribution in [-0.2, 0) is 26.0 Å². The molecule has 0 saturated carbocycles. The molecular weight excluding hydrogens is 380 g/mol. The van der Waals surface area contributed by atoms with Crippen LogP contribution in [0.25, 0.3) is 0 Å². The third kappa shape index (κ3) is 5.28. The number of nitrogens with one attached hydrogen (secondary N) is 2. The van der Waals surface area contributed by atoms with Gasteiger partial charge in [0.15, 0.2) is 0 Å². The maximum atomic E-state index is 12.2. The second-order valence-corrected chi connectivity index (χ2v) is 8.29. The van der Waals surface area contributed by atoms with Crippen LogP contribution >= 0.6 is 0 Å². The van der Waals surface area contributed by atoms with Gasteiger partial charge in [0.05, 0.1) is 30.0 Å². The lowest BCUT2D eigenvalue weighted by molar-refractivity contribution is -0.116. The van der Waals surface area contributed by atoms with Crippen LogP contribution in [0.2, 0.25) is 0 Å². The van der Waals surface area contributed by atoms with E-state index >= 15 is 0 Å². The standard InChI is InChI=1S/C19H24N4O4S/c1-20-28(25,26)17-6-2-15(3-7-17)4-9-19(24)22-16-5-8-18(21-14-16)23-10-12-27-13-11-23/h2-3,5-8,14,20H,4,9-13H2,1H3,(H,22,24). The molecule has 0 spiro atoms. The fourth-order valence-electron chi connectivity index (χ4n) is 2.87. The van der Waals surface area contributed by atoms with Gasteiger partial charge in [0.2, 0.25) is 15.9 Å². The van der Waals surface area contributed by atoms with E-state index in [1.807, 2.05) is 12.1 Å². The Hall–Kier alpha value is -2.49. The second kappa shape index (κ2) is 9.13. The van der Waals surface area contributed by atoms with Crippen LogP contribution < -0.4 is 14.9 Å². The Balaban J connectivity index is 1.50. The summed E-state index contributed by atoms with van der Waals surface area (Å²) in [5.74, 6) is 0.755. The number of nitrogens with zero attached hydrogens (tertiary/aromatic N) is 2. The molecular formula is C19H24N4O4S. The van der Waals surface area contributed by atoms with Gasteiger partial charge < -0.3 is 15.0 Å². The summed E-state index contributed by atoms with van der Waals surface area (Å²) in [7, 11) is -2.07. The lowest BCUT2D eigenvalue weighted by Gasteiger charge is -2.27. The molecule has 0 atom stereocenters. The van der Waals surface area contributed by atoms with Gasteiger partial charge in [-0.3, -0.25) is 4.79 Å². The molecule has 2 aromatic rings. The molecule has 1 aliphatic rings. The summed E-state index contributed by atoms with van der Waals surface area (Å²) >= 11 is 0. The van der Waals surface area contributed by atoms with Crippen molar-refractivity contribution in [3.63, 3.8) is 0 Å². The smallest absolute Gasteiger partial charge is 0.240 e. The monoisotopic (exact) mass is 404 g/mol. The van der Waals surface area contributed by atoms with Gasteiger partial charge in [-0.15, -0.1) is 0 Å². The lowest BCUT2D eigenvalue weighted by Crippen LogP contribution is -2.36. The maximum Gasteiger partial charge on any atom is 0.240 e. The third-order valence-corrected chi connectivity index (χ3v) is 5.94. The van der Waals surface area contributed by atoms with Crippen LogP contribution in [0.3, 0.4) is 0 Å². The van der Waals surface area contributed by atoms with E-state index in [-0.39, 0.29) is 10.8 Å². The van der Waals surface area contributed by atoms with Gasteiger partial charge in [-0.1, -0.05) is 12.1 Å². The highest BCUT2D eigenvalue weighted by atomic mass is 32.2. The molecule has 2 heterocycles. The first-order valence-electron chi connectivity index (χ1n) is 9.09. The molecule has 1 aromatic carbocycles. The number of carbonyl (C=O) groups is 1. The predicted molar refractivity (Wildman–Crippen MR) is 107 cm³/mol. The average molecular weight is 404 g/mol. The van der Waals surface area contributed by atoms with Crippen molar-refractivity contribution in [1.29, 1.82) is 0 Å². The highest BCUT2D eigenvalue weighted by Gasteiger charge is 2.13. The zero-order valence-corrected chi connectivity index (χ0v) is 16.5. The number of hydrogen-bond donors (Lipinski definition) is 2. The van der Waals surface area contributed by atoms with E-state index in [0.29, 0.717) is 31.7 Å². The molecule has 9 heteroatoms. The SMILES string of the molecule is CNS(=O)(=O)c1ccc(CCC(=O)Nc2ccc(N3CCOCC3)nc2)cc1. The van der Waals surface area contributed by atoms with Crippen LogP contribution in [0.15, 0.2) is 47.5 Å². The minimum Gasteiger partial charge on any atom is -0.378 e. The van der Waals surface area contributed by atoms with Crippen LogP contribution in [0, 0.1) is 0 Å². The van der Waals surface area contributed by atoms with E-state index < -0.39 is 10.0 Å². The van der Waals surface area contributed by atoms with E-state index in [1.165, 1.54) is 19.2 Å². The molecule has 1 aliphatic heterocycles. The van der Waals surface area contributed by atoms with Gasteiger partial charge in [0.1, 0.15) is 5.82 Å². The van der Waals surface area contributed by atoms with E-state index in [4.69, 9.17) is 4.74 Å². The number of anilines is 2. The predicted octanol–water partition coefficient (Wildman–Crippen LogP) is 1.40. The Kier molecular flexibility index (Phi) is 6.61. The van der Waals surface area contributed by atoms with Crippen LogP contribution in [0.1, 0.15) is 12.0 Å². The summed E-state index contributed by atoms with van der Waals surface area (Å²) in [6.07, 6.45) is 2.47. The molecule has 0 bridgehead atoms. The van der Waals surface area contributed by atoms with Gasteiger partial charge in [-0.2, -0.15) is 0 Å². The summed E-state index contributed by atoms with van der Waals surface area (Å²) in [5, 5.41) is 2.84. The molecule has 28 heavy (non-hydrogen) atoms. The highest BCUT2D eigenvalue weighted by molar-refractivity contribution is 7.89. The normalized spacial score (nSPS) is 14.7. The van der Waals surface area contributed by atoms with Gasteiger partial charge in [0.25, 0.3) is 0 Å². The molecule has 8 nitrogen and oxygen atoms in total. The summed E-state index contributed by atoms with van der Waals surface area (Å²) in [5.41, 5.74) is 1.54. The molecule has 0 radical (unpaired) electrons. The molecule has 1 saturated heterocycles. The number of morpholine rings is 1. The lowest BCUT2D eigenvalue weighted by atomic mass is 10.1. The summed E-state index contributed by atoms with van der Waals surface area (Å²) in [6.45, 7) is 3.02. The summed E-state index contributed by atoms with van der Waals surface area (Å²) < 4.78 is 31.0. The largest absolute Gasteiger partial charge is 0.378 e. The molecule has 2 N–H and O–H groups in total. The van der Waals surface area contributed by atoms with E-state index in [0.717, 1.165) is 24.5 Å². The Morgan fingerprint density at radius 1 is 1.14 bits per heavy atom. The number of pyridine rings is 1. The van der Waals surface area contributed by atoms with Crippen LogP contribution in [0.4, 0.5) is 11.5 Å². The van der Waals surface area contributed by atoms with Crippen molar-refractivity contribution < 1.29 is 17.9 Å². The molecule has 0 aliphatic carbocycles. The first-order chi connectivity index (χ1) is 13.5. The van der Waals surface area contributed by atoms with Crippen molar-refractivity contribution in [3.05, 3.63) is 48.2 Å². The average Bonchev–Trinajstić information content (AvgIpc) is 2.74. The van der Waals surface area contributed by atoms with Crippen molar-refractivity contribution >= 4 is 27.4 Å². The van der Waals surface area contributed by atoms with E-state index in [1.54, 1.807) is 18.3 Å². The minimum atomic E-state index is -3.45. The third-order valence-electron chi connectivity index (χ3n) is 4.51. The fourth-order valence-corrected chi connectivity index (χ4v) is 3.60. The van der Waals surface area contributed by atoms with E-state index in [9.17, 15) is 13.2 Å². The fraction of sp³-hybridized carbons (Fsp3) is 0.368. The number of benzene rings is 1. The first kappa shape index (κ1) is 20.2. The number of ether oxygens (including phenoxy) is 1. The molecule has 1 aromatic heterocycles. The molecule has 1 amide bonds. The van der Waals surface area contributed by atoms with Gasteiger partial charge >= 0.3 is 0 Å². The Labute approximate surface area is 165 Å². The summed E-state index contributed by atoms with van der Waals surface area (Å²) in [4.78, 5) is 18.9. The number of rotatable bonds is 7. The van der Waals surface area contributed by atoms with Gasteiger partial charge in [0, 0.05) is 19.5 Å². The number of aromatic nitrogens is 1. The Morgan fingerprint density at radius 2 is 1.86 bits per heavy atom. The molecule has 0 unspecified atom stereocenters. The van der Waals surface area contributed by atoms with Crippen molar-refractivity contribution in [2.24, 2.45) is 0 Å². The number of aryl methyl sites for hydroxylation is 1. The van der Waals surface area contributed by atoms with Crippen molar-refractivity contribution in [2.75, 3.05) is 43.6 Å². The van der Waals surface area contributed by atoms with Crippen molar-refractivity contribution in [1.82, 2.24) is 9.71 Å². The zero-order chi connectivity index (χ0) is 20.0. The number of carbonyl (C=O) groups excluding carboxylic acids is 1. The maximum absolute atomic E-state index is 12.2. The zero-order valence-electron chi connectivity index (χ0n) is 15.7. The number of hydrogen-bond acceptors (Lipinski definition) is 6. The topological polar surface area (TPSA) is 101 Å². The van der Waals surface area contributed by atoms with Crippen molar-refractivity contribution in [3.8, 4) is 0 Å². The van der Waals surface area contributed by atoms with Gasteiger partial charge in [-0.25, -0.2) is 18.1 Å². The van der Waals surface area contributed by atoms with E-state index in [2.05, 4.69) is 19.9 Å². The first-order valence-corrected chi connectivity index (χ1v) is 10.6. The van der Waals surface area contributed by atoms with Crippen molar-refractivity contribution in [2.45, 2.75) is 17.7 Å². The van der Waals surface area contributed by atoms with Crippen LogP contribution in [-0.4, -0.2) is 52.7 Å². The van der Waals surface area contributed by atoms with Crippen LogP contribution in [0.5, 0.6) is 0 Å². The second-order valence-electron chi connectivity index (χ2n) is 6.40. The number of sulfonamides is 1. The summed E-state index contributed by atoms with van der Waals surface area (Å²) in [6, 6.07) is 10.2. The molecule has 150 valence electrons. The minimum absolute atomic E-state index is 0.118. The highest BCUT2D eigenvalue weighted by Crippen LogP contribution is 2.16. The van der Waals surface area contributed by atoms with Gasteiger partial charge in [-0.05, 0) is 43.3 Å². The molecule has 3 rings (SSSR count). The Bertz CT molecular complexity index is 893. The Morgan fingerprint density at radius 3 is 2.46 bits per heavy atom. The number of amides is 1. The quantitative estimate of drug-likeness (QED) is 0.723.